The average molecular weight is 268 g/mol. The first-order valence-electron chi connectivity index (χ1n) is 7.27. The summed E-state index contributed by atoms with van der Waals surface area (Å²) in [6.07, 6.45) is 1.07. The lowest BCUT2D eigenvalue weighted by Crippen LogP contribution is -2.21. The molecule has 0 spiro atoms. The maximum Gasteiger partial charge on any atom is 0.0636 e. The molecular formula is C18H24N2. The van der Waals surface area contributed by atoms with Crippen LogP contribution in [0, 0.1) is 13.8 Å². The summed E-state index contributed by atoms with van der Waals surface area (Å²) in [6, 6.07) is 15.2. The molecule has 0 aromatic heterocycles. The van der Waals surface area contributed by atoms with E-state index in [1.807, 2.05) is 0 Å². The van der Waals surface area contributed by atoms with Crippen LogP contribution in [0.2, 0.25) is 0 Å². The summed E-state index contributed by atoms with van der Waals surface area (Å²) in [5.74, 6) is 0. The summed E-state index contributed by atoms with van der Waals surface area (Å²) < 4.78 is 0. The summed E-state index contributed by atoms with van der Waals surface area (Å²) in [6.45, 7) is 7.03. The van der Waals surface area contributed by atoms with Gasteiger partial charge >= 0.3 is 0 Å². The molecule has 3 N–H and O–H groups in total. The van der Waals surface area contributed by atoms with Gasteiger partial charge in [-0.25, -0.2) is 0 Å². The fourth-order valence-electron chi connectivity index (χ4n) is 2.36. The van der Waals surface area contributed by atoms with Gasteiger partial charge in [0.15, 0.2) is 0 Å². The van der Waals surface area contributed by atoms with E-state index in [1.54, 1.807) is 0 Å². The molecule has 0 saturated heterocycles. The molecule has 1 atom stereocenters. The maximum atomic E-state index is 5.95. The van der Waals surface area contributed by atoms with Gasteiger partial charge in [0.05, 0.1) is 6.04 Å². The lowest BCUT2D eigenvalue weighted by atomic mass is 10.0. The van der Waals surface area contributed by atoms with Crippen LogP contribution in [0.15, 0.2) is 42.5 Å². The fraction of sp³-hybridized carbons (Fsp3) is 0.333. The SMILES string of the molecule is CCc1ccc(C(CN)Nc2cccc(C)c2C)cc1. The van der Waals surface area contributed by atoms with Gasteiger partial charge in [0.1, 0.15) is 0 Å². The van der Waals surface area contributed by atoms with Gasteiger partial charge in [-0.1, -0.05) is 43.3 Å². The first-order chi connectivity index (χ1) is 9.65. The summed E-state index contributed by atoms with van der Waals surface area (Å²) >= 11 is 0. The van der Waals surface area contributed by atoms with Crippen molar-refractivity contribution in [3.05, 3.63) is 64.7 Å². The Morgan fingerprint density at radius 2 is 1.75 bits per heavy atom. The Labute approximate surface area is 122 Å². The van der Waals surface area contributed by atoms with Gasteiger partial charge in [-0.3, -0.25) is 0 Å². The highest BCUT2D eigenvalue weighted by Crippen LogP contribution is 2.24. The maximum absolute atomic E-state index is 5.95. The molecule has 0 saturated carbocycles. The second-order valence-corrected chi connectivity index (χ2v) is 5.28. The summed E-state index contributed by atoms with van der Waals surface area (Å²) in [5, 5.41) is 3.57. The van der Waals surface area contributed by atoms with E-state index in [0.717, 1.165) is 6.42 Å². The van der Waals surface area contributed by atoms with Gasteiger partial charge in [-0.15, -0.1) is 0 Å². The van der Waals surface area contributed by atoms with E-state index in [4.69, 9.17) is 5.73 Å². The third-order valence-electron chi connectivity index (χ3n) is 3.96. The molecule has 2 aromatic rings. The van der Waals surface area contributed by atoms with E-state index in [2.05, 4.69) is 68.6 Å². The van der Waals surface area contributed by atoms with Crippen LogP contribution in [0.25, 0.3) is 0 Å². The molecular weight excluding hydrogens is 244 g/mol. The quantitative estimate of drug-likeness (QED) is 0.861. The molecule has 2 heteroatoms. The molecule has 0 aliphatic heterocycles. The summed E-state index contributed by atoms with van der Waals surface area (Å²) in [4.78, 5) is 0. The standard InChI is InChI=1S/C18H24N2/c1-4-15-8-10-16(11-9-15)18(12-19)20-17-7-5-6-13(2)14(17)3/h5-11,18,20H,4,12,19H2,1-3H3. The minimum absolute atomic E-state index is 0.154. The Bertz CT molecular complexity index is 558. The molecule has 2 aromatic carbocycles. The van der Waals surface area contributed by atoms with Gasteiger partial charge < -0.3 is 11.1 Å². The molecule has 0 amide bonds. The molecule has 0 heterocycles. The Morgan fingerprint density at radius 1 is 1.05 bits per heavy atom. The molecule has 20 heavy (non-hydrogen) atoms. The van der Waals surface area contributed by atoms with Crippen molar-refractivity contribution in [3.63, 3.8) is 0 Å². The van der Waals surface area contributed by atoms with E-state index in [0.29, 0.717) is 6.54 Å². The third-order valence-corrected chi connectivity index (χ3v) is 3.96. The summed E-state index contributed by atoms with van der Waals surface area (Å²) in [5.41, 5.74) is 12.3. The number of aryl methyl sites for hydroxylation is 2. The number of benzene rings is 2. The fourth-order valence-corrected chi connectivity index (χ4v) is 2.36. The first kappa shape index (κ1) is 14.6. The van der Waals surface area contributed by atoms with Crippen LogP contribution < -0.4 is 11.1 Å². The molecule has 1 unspecified atom stereocenters. The molecule has 0 fully saturated rings. The topological polar surface area (TPSA) is 38.0 Å². The predicted octanol–water partition coefficient (Wildman–Crippen LogP) is 3.98. The van der Waals surface area contributed by atoms with Crippen LogP contribution in [0.5, 0.6) is 0 Å². The highest BCUT2D eigenvalue weighted by Gasteiger charge is 2.11. The van der Waals surface area contributed by atoms with Crippen LogP contribution in [-0.4, -0.2) is 6.54 Å². The Balaban J connectivity index is 2.21. The molecule has 0 bridgehead atoms. The normalized spacial score (nSPS) is 12.2. The largest absolute Gasteiger partial charge is 0.377 e. The first-order valence-corrected chi connectivity index (χ1v) is 7.27. The van der Waals surface area contributed by atoms with E-state index < -0.39 is 0 Å². The van der Waals surface area contributed by atoms with Crippen LogP contribution in [0.3, 0.4) is 0 Å². The number of nitrogens with two attached hydrogens (primary N) is 1. The molecule has 0 aliphatic rings. The van der Waals surface area contributed by atoms with Gasteiger partial charge in [-0.2, -0.15) is 0 Å². The molecule has 2 rings (SSSR count). The average Bonchev–Trinajstić information content (AvgIpc) is 2.49. The van der Waals surface area contributed by atoms with Crippen molar-refractivity contribution < 1.29 is 0 Å². The van der Waals surface area contributed by atoms with Crippen LogP contribution >= 0.6 is 0 Å². The monoisotopic (exact) mass is 268 g/mol. The molecule has 0 aliphatic carbocycles. The minimum atomic E-state index is 0.154. The molecule has 106 valence electrons. The lowest BCUT2D eigenvalue weighted by Gasteiger charge is -2.21. The van der Waals surface area contributed by atoms with Crippen molar-refractivity contribution >= 4 is 5.69 Å². The summed E-state index contributed by atoms with van der Waals surface area (Å²) in [7, 11) is 0. The smallest absolute Gasteiger partial charge is 0.0636 e. The minimum Gasteiger partial charge on any atom is -0.377 e. The zero-order valence-corrected chi connectivity index (χ0v) is 12.6. The number of anilines is 1. The number of rotatable bonds is 5. The number of hydrogen-bond donors (Lipinski definition) is 2. The Kier molecular flexibility index (Phi) is 4.80. The van der Waals surface area contributed by atoms with E-state index in [9.17, 15) is 0 Å². The van der Waals surface area contributed by atoms with Crippen LogP contribution in [-0.2, 0) is 6.42 Å². The van der Waals surface area contributed by atoms with E-state index >= 15 is 0 Å². The highest BCUT2D eigenvalue weighted by molar-refractivity contribution is 5.55. The second kappa shape index (κ2) is 6.58. The van der Waals surface area contributed by atoms with E-state index in [1.165, 1.54) is 27.9 Å². The predicted molar refractivity (Wildman–Crippen MR) is 87.2 cm³/mol. The highest BCUT2D eigenvalue weighted by atomic mass is 14.9. The van der Waals surface area contributed by atoms with Crippen molar-refractivity contribution in [1.29, 1.82) is 0 Å². The van der Waals surface area contributed by atoms with Gasteiger partial charge in [-0.05, 0) is 48.6 Å². The Hall–Kier alpha value is -1.80. The zero-order chi connectivity index (χ0) is 14.5. The lowest BCUT2D eigenvalue weighted by molar-refractivity contribution is 0.788. The van der Waals surface area contributed by atoms with Gasteiger partial charge in [0, 0.05) is 12.2 Å². The second-order valence-electron chi connectivity index (χ2n) is 5.28. The van der Waals surface area contributed by atoms with Crippen molar-refractivity contribution in [3.8, 4) is 0 Å². The third kappa shape index (κ3) is 3.20. The molecule has 0 radical (unpaired) electrons. The van der Waals surface area contributed by atoms with E-state index in [-0.39, 0.29) is 6.04 Å². The molecule has 2 nitrogen and oxygen atoms in total. The van der Waals surface area contributed by atoms with Gasteiger partial charge in [0.2, 0.25) is 0 Å². The number of nitrogens with one attached hydrogen (secondary N) is 1. The van der Waals surface area contributed by atoms with Crippen molar-refractivity contribution in [2.24, 2.45) is 5.73 Å². The van der Waals surface area contributed by atoms with Crippen molar-refractivity contribution in [2.75, 3.05) is 11.9 Å². The van der Waals surface area contributed by atoms with Crippen molar-refractivity contribution in [1.82, 2.24) is 0 Å². The van der Waals surface area contributed by atoms with Crippen molar-refractivity contribution in [2.45, 2.75) is 33.2 Å². The zero-order valence-electron chi connectivity index (χ0n) is 12.6. The van der Waals surface area contributed by atoms with Gasteiger partial charge in [0.25, 0.3) is 0 Å². The Morgan fingerprint density at radius 3 is 2.35 bits per heavy atom. The van der Waals surface area contributed by atoms with Crippen LogP contribution in [0.1, 0.15) is 35.2 Å². The van der Waals surface area contributed by atoms with Crippen LogP contribution in [0.4, 0.5) is 5.69 Å². The number of hydrogen-bond acceptors (Lipinski definition) is 2.